The van der Waals surface area contributed by atoms with Crippen LogP contribution in [0.2, 0.25) is 0 Å². The fourth-order valence-electron chi connectivity index (χ4n) is 1.90. The van der Waals surface area contributed by atoms with Gasteiger partial charge in [0.2, 0.25) is 5.95 Å². The third-order valence-electron chi connectivity index (χ3n) is 2.96. The molecule has 7 heteroatoms. The van der Waals surface area contributed by atoms with Gasteiger partial charge in [-0.2, -0.15) is 5.10 Å². The monoisotopic (exact) mass is 347 g/mol. The molecule has 0 saturated heterocycles. The van der Waals surface area contributed by atoms with Crippen molar-refractivity contribution >= 4 is 27.6 Å². The number of rotatable bonds is 3. The number of hydrogen-bond acceptors (Lipinski definition) is 4. The molecule has 0 fully saturated rings. The normalized spacial score (nSPS) is 10.6. The van der Waals surface area contributed by atoms with Crippen LogP contribution in [0.1, 0.15) is 5.69 Å². The van der Waals surface area contributed by atoms with Gasteiger partial charge in [-0.1, -0.05) is 12.1 Å². The Morgan fingerprint density at radius 3 is 2.57 bits per heavy atom. The molecule has 0 radical (unpaired) electrons. The molecule has 0 aliphatic carbocycles. The summed E-state index contributed by atoms with van der Waals surface area (Å²) in [5, 5.41) is 7.27. The van der Waals surface area contributed by atoms with E-state index < -0.39 is 0 Å². The first-order valence-corrected chi connectivity index (χ1v) is 6.98. The van der Waals surface area contributed by atoms with E-state index in [0.717, 1.165) is 15.9 Å². The summed E-state index contributed by atoms with van der Waals surface area (Å²) in [4.78, 5) is 8.27. The van der Waals surface area contributed by atoms with Gasteiger partial charge in [0.1, 0.15) is 11.5 Å². The van der Waals surface area contributed by atoms with Crippen LogP contribution >= 0.6 is 15.9 Å². The van der Waals surface area contributed by atoms with Crippen LogP contribution in [0, 0.1) is 12.7 Å². The zero-order valence-corrected chi connectivity index (χ0v) is 12.7. The number of hydrogen-bond donors (Lipinski definition) is 1. The van der Waals surface area contributed by atoms with Crippen LogP contribution < -0.4 is 5.32 Å². The van der Waals surface area contributed by atoms with Gasteiger partial charge in [0, 0.05) is 12.4 Å². The van der Waals surface area contributed by atoms with E-state index in [9.17, 15) is 4.39 Å². The Morgan fingerprint density at radius 1 is 1.14 bits per heavy atom. The number of para-hydroxylation sites is 1. The summed E-state index contributed by atoms with van der Waals surface area (Å²) in [5.74, 6) is 0.129. The van der Waals surface area contributed by atoms with E-state index in [1.165, 1.54) is 10.7 Å². The molecule has 3 rings (SSSR count). The molecule has 2 heterocycles. The first kappa shape index (κ1) is 13.7. The van der Waals surface area contributed by atoms with Crippen molar-refractivity contribution in [3.63, 3.8) is 0 Å². The summed E-state index contributed by atoms with van der Waals surface area (Å²) >= 11 is 3.28. The van der Waals surface area contributed by atoms with Crippen molar-refractivity contribution in [2.45, 2.75) is 6.92 Å². The average molecular weight is 348 g/mol. The lowest BCUT2D eigenvalue weighted by molar-refractivity contribution is 0.608. The maximum Gasteiger partial charge on any atom is 0.227 e. The topological polar surface area (TPSA) is 55.6 Å². The zero-order chi connectivity index (χ0) is 14.8. The summed E-state index contributed by atoms with van der Waals surface area (Å²) < 4.78 is 16.2. The van der Waals surface area contributed by atoms with Crippen molar-refractivity contribution in [3.8, 4) is 5.69 Å². The molecule has 0 aliphatic rings. The smallest absolute Gasteiger partial charge is 0.227 e. The molecule has 0 atom stereocenters. The quantitative estimate of drug-likeness (QED) is 0.786. The fraction of sp³-hybridized carbons (Fsp3) is 0.0714. The maximum atomic E-state index is 13.8. The highest BCUT2D eigenvalue weighted by Crippen LogP contribution is 2.22. The first-order chi connectivity index (χ1) is 10.1. The van der Waals surface area contributed by atoms with Gasteiger partial charge in [0.05, 0.1) is 22.1 Å². The van der Waals surface area contributed by atoms with Crippen LogP contribution in [0.25, 0.3) is 5.69 Å². The second kappa shape index (κ2) is 5.61. The second-order valence-electron chi connectivity index (χ2n) is 4.36. The largest absolute Gasteiger partial charge is 0.321 e. The molecule has 0 amide bonds. The lowest BCUT2D eigenvalue weighted by Gasteiger charge is -2.07. The van der Waals surface area contributed by atoms with Gasteiger partial charge in [0.15, 0.2) is 0 Å². The molecule has 0 unspecified atom stereocenters. The minimum Gasteiger partial charge on any atom is -0.321 e. The molecule has 0 bridgehead atoms. The molecular weight excluding hydrogens is 337 g/mol. The number of halogens is 2. The number of aromatic nitrogens is 4. The summed E-state index contributed by atoms with van der Waals surface area (Å²) in [6.07, 6.45) is 4.91. The first-order valence-electron chi connectivity index (χ1n) is 6.19. The van der Waals surface area contributed by atoms with Crippen molar-refractivity contribution in [3.05, 3.63) is 58.8 Å². The van der Waals surface area contributed by atoms with E-state index in [4.69, 9.17) is 0 Å². The zero-order valence-electron chi connectivity index (χ0n) is 11.1. The van der Waals surface area contributed by atoms with Gasteiger partial charge in [-0.15, -0.1) is 0 Å². The molecule has 0 saturated carbocycles. The molecule has 3 aromatic rings. The second-order valence-corrected chi connectivity index (χ2v) is 5.27. The molecular formula is C14H11BrFN5. The van der Waals surface area contributed by atoms with E-state index in [2.05, 4.69) is 36.3 Å². The fourth-order valence-corrected chi connectivity index (χ4v) is 2.10. The average Bonchev–Trinajstić information content (AvgIpc) is 2.83. The lowest BCUT2D eigenvalue weighted by Crippen LogP contribution is -2.03. The van der Waals surface area contributed by atoms with Crippen LogP contribution in [0.15, 0.2) is 47.3 Å². The van der Waals surface area contributed by atoms with E-state index in [1.807, 2.05) is 6.92 Å². The van der Waals surface area contributed by atoms with Crippen molar-refractivity contribution in [1.29, 1.82) is 0 Å². The Morgan fingerprint density at radius 2 is 1.86 bits per heavy atom. The Hall–Kier alpha value is -2.28. The summed E-state index contributed by atoms with van der Waals surface area (Å²) in [6, 6.07) is 6.49. The Labute approximate surface area is 129 Å². The van der Waals surface area contributed by atoms with E-state index in [0.29, 0.717) is 11.6 Å². The summed E-state index contributed by atoms with van der Waals surface area (Å²) in [5.41, 5.74) is 1.90. The van der Waals surface area contributed by atoms with Crippen molar-refractivity contribution in [1.82, 2.24) is 19.7 Å². The van der Waals surface area contributed by atoms with Crippen molar-refractivity contribution < 1.29 is 4.39 Å². The predicted molar refractivity (Wildman–Crippen MR) is 81.3 cm³/mol. The minimum atomic E-state index is -0.324. The highest BCUT2D eigenvalue weighted by Gasteiger charge is 2.12. The summed E-state index contributed by atoms with van der Waals surface area (Å²) in [7, 11) is 0. The molecule has 1 aromatic carbocycles. The van der Waals surface area contributed by atoms with Crippen LogP contribution in [0.5, 0.6) is 0 Å². The number of anilines is 2. The summed E-state index contributed by atoms with van der Waals surface area (Å²) in [6.45, 7) is 1.85. The third kappa shape index (κ3) is 2.78. The van der Waals surface area contributed by atoms with E-state index in [1.54, 1.807) is 36.8 Å². The van der Waals surface area contributed by atoms with E-state index in [-0.39, 0.29) is 5.82 Å². The Kier molecular flexibility index (Phi) is 3.66. The molecule has 0 aliphatic heterocycles. The number of benzene rings is 1. The lowest BCUT2D eigenvalue weighted by atomic mass is 10.3. The molecule has 0 spiro atoms. The van der Waals surface area contributed by atoms with Crippen LogP contribution in [-0.4, -0.2) is 19.7 Å². The van der Waals surface area contributed by atoms with Gasteiger partial charge < -0.3 is 5.32 Å². The van der Waals surface area contributed by atoms with E-state index >= 15 is 0 Å². The van der Waals surface area contributed by atoms with Gasteiger partial charge in [0.25, 0.3) is 0 Å². The third-order valence-corrected chi connectivity index (χ3v) is 3.37. The standard InChI is InChI=1S/C14H11BrFN5/c1-9-12(20-14-17-6-10(15)7-18-14)8-19-21(9)13-5-3-2-4-11(13)16/h2-8H,1H3,(H,17,18,20). The number of nitrogens with one attached hydrogen (secondary N) is 1. The maximum absolute atomic E-state index is 13.8. The van der Waals surface area contributed by atoms with Gasteiger partial charge in [-0.3, -0.25) is 0 Å². The van der Waals surface area contributed by atoms with Crippen molar-refractivity contribution in [2.75, 3.05) is 5.32 Å². The highest BCUT2D eigenvalue weighted by atomic mass is 79.9. The molecule has 106 valence electrons. The van der Waals surface area contributed by atoms with Crippen LogP contribution in [0.3, 0.4) is 0 Å². The molecule has 5 nitrogen and oxygen atoms in total. The Bertz CT molecular complexity index is 769. The van der Waals surface area contributed by atoms with Crippen LogP contribution in [0.4, 0.5) is 16.0 Å². The van der Waals surface area contributed by atoms with Crippen molar-refractivity contribution in [2.24, 2.45) is 0 Å². The SMILES string of the molecule is Cc1c(Nc2ncc(Br)cn2)cnn1-c1ccccc1F. The molecule has 21 heavy (non-hydrogen) atoms. The predicted octanol–water partition coefficient (Wildman–Crippen LogP) is 3.62. The Balaban J connectivity index is 1.93. The highest BCUT2D eigenvalue weighted by molar-refractivity contribution is 9.10. The molecule has 2 aromatic heterocycles. The van der Waals surface area contributed by atoms with Gasteiger partial charge in [-0.05, 0) is 35.0 Å². The minimum absolute atomic E-state index is 0.324. The number of nitrogens with zero attached hydrogens (tertiary/aromatic N) is 4. The van der Waals surface area contributed by atoms with Gasteiger partial charge >= 0.3 is 0 Å². The van der Waals surface area contributed by atoms with Crippen LogP contribution in [-0.2, 0) is 0 Å². The van der Waals surface area contributed by atoms with Gasteiger partial charge in [-0.25, -0.2) is 19.0 Å². The molecule has 1 N–H and O–H groups in total.